The number of halogens is 1. The molecule has 0 radical (unpaired) electrons. The second-order valence-corrected chi connectivity index (χ2v) is 10.2. The zero-order valence-electron chi connectivity index (χ0n) is 18.1. The van der Waals surface area contributed by atoms with Crippen LogP contribution in [0.2, 0.25) is 0 Å². The lowest BCUT2D eigenvalue weighted by Crippen LogP contribution is -2.54. The summed E-state index contributed by atoms with van der Waals surface area (Å²) in [6.07, 6.45) is 0.701. The topological polar surface area (TPSA) is 109 Å². The van der Waals surface area contributed by atoms with Crippen molar-refractivity contribution in [2.24, 2.45) is 4.99 Å². The number of carbonyl (C=O) groups excluding carboxylic acids is 1. The van der Waals surface area contributed by atoms with Crippen molar-refractivity contribution in [2.45, 2.75) is 57.2 Å². The molecular formula is C19H33IN4O4S. The Kier molecular flexibility index (Phi) is 10.4. The summed E-state index contributed by atoms with van der Waals surface area (Å²) in [6, 6.07) is 6.67. The number of aliphatic imine (C=N–C) groups is 1. The van der Waals surface area contributed by atoms with E-state index in [9.17, 15) is 13.2 Å². The molecule has 1 aromatic rings. The fourth-order valence-electron chi connectivity index (χ4n) is 2.19. The predicted octanol–water partition coefficient (Wildman–Crippen LogP) is 2.68. The molecule has 3 N–H and O–H groups in total. The lowest BCUT2D eigenvalue weighted by molar-refractivity contribution is 0.0474. The molecule has 29 heavy (non-hydrogen) atoms. The van der Waals surface area contributed by atoms with E-state index in [1.54, 1.807) is 31.3 Å². The average molecular weight is 540 g/mol. The van der Waals surface area contributed by atoms with Crippen molar-refractivity contribution in [2.75, 3.05) is 19.8 Å². The first-order valence-corrected chi connectivity index (χ1v) is 10.9. The number of guanidine groups is 1. The molecule has 0 aromatic heterocycles. The molecule has 0 unspecified atom stereocenters. The smallest absolute Gasteiger partial charge is 0.408 e. The zero-order valence-corrected chi connectivity index (χ0v) is 21.3. The van der Waals surface area contributed by atoms with Gasteiger partial charge in [-0.1, -0.05) is 12.1 Å². The van der Waals surface area contributed by atoms with Crippen molar-refractivity contribution in [1.82, 2.24) is 16.0 Å². The number of hydrogen-bond donors (Lipinski definition) is 3. The Labute approximate surface area is 191 Å². The fraction of sp³-hybridized carbons (Fsp3) is 0.579. The fourth-order valence-corrected chi connectivity index (χ4v) is 2.82. The van der Waals surface area contributed by atoms with Gasteiger partial charge in [0.15, 0.2) is 15.8 Å². The Balaban J connectivity index is 0.00000784. The maximum absolute atomic E-state index is 11.9. The first-order chi connectivity index (χ1) is 12.7. The molecule has 0 atom stereocenters. The van der Waals surface area contributed by atoms with Crippen LogP contribution < -0.4 is 16.0 Å². The molecule has 0 heterocycles. The third-order valence-corrected chi connectivity index (χ3v) is 4.70. The summed E-state index contributed by atoms with van der Waals surface area (Å²) >= 11 is 0. The lowest BCUT2D eigenvalue weighted by atomic mass is 10.1. The average Bonchev–Trinajstić information content (AvgIpc) is 2.52. The second kappa shape index (κ2) is 11.0. The number of ether oxygens (including phenoxy) is 1. The van der Waals surface area contributed by atoms with Gasteiger partial charge >= 0.3 is 6.09 Å². The van der Waals surface area contributed by atoms with E-state index in [-0.39, 0.29) is 28.9 Å². The van der Waals surface area contributed by atoms with Crippen LogP contribution in [-0.4, -0.2) is 51.5 Å². The van der Waals surface area contributed by atoms with Crippen LogP contribution in [-0.2, 0) is 21.1 Å². The normalized spacial score (nSPS) is 12.6. The minimum absolute atomic E-state index is 0. The highest BCUT2D eigenvalue weighted by atomic mass is 127. The van der Waals surface area contributed by atoms with Gasteiger partial charge in [-0.2, -0.15) is 0 Å². The predicted molar refractivity (Wildman–Crippen MR) is 127 cm³/mol. The number of carbonyl (C=O) groups is 1. The highest BCUT2D eigenvalue weighted by Crippen LogP contribution is 2.11. The van der Waals surface area contributed by atoms with Crippen molar-refractivity contribution in [3.63, 3.8) is 0 Å². The zero-order chi connectivity index (χ0) is 21.6. The van der Waals surface area contributed by atoms with Gasteiger partial charge in [0.05, 0.1) is 10.4 Å². The van der Waals surface area contributed by atoms with Gasteiger partial charge in [-0.05, 0) is 52.3 Å². The molecule has 0 aliphatic carbocycles. The molecule has 0 saturated heterocycles. The maximum atomic E-state index is 11.9. The van der Waals surface area contributed by atoms with E-state index in [4.69, 9.17) is 4.74 Å². The first kappa shape index (κ1) is 27.4. The van der Waals surface area contributed by atoms with Crippen LogP contribution in [0.15, 0.2) is 34.2 Å². The molecule has 0 aliphatic rings. The van der Waals surface area contributed by atoms with Gasteiger partial charge in [-0.3, -0.25) is 4.99 Å². The highest BCUT2D eigenvalue weighted by molar-refractivity contribution is 14.0. The van der Waals surface area contributed by atoms with Crippen molar-refractivity contribution >= 4 is 45.9 Å². The number of benzene rings is 1. The minimum Gasteiger partial charge on any atom is -0.444 e. The standard InChI is InChI=1S/C19H32N4O4S.HI/c1-18(2,3)27-17(24)23-19(4,5)13-22-16(20-6)21-12-14-8-10-15(11-9-14)28(7,25)26;/h8-11H,12-13H2,1-7H3,(H,23,24)(H2,20,21,22);1H. The van der Waals surface area contributed by atoms with Crippen LogP contribution in [0, 0.1) is 0 Å². The summed E-state index contributed by atoms with van der Waals surface area (Å²) in [5, 5.41) is 9.13. The maximum Gasteiger partial charge on any atom is 0.408 e. The number of hydrogen-bond acceptors (Lipinski definition) is 5. The SMILES string of the molecule is CN=C(NCc1ccc(S(C)(=O)=O)cc1)NCC(C)(C)NC(=O)OC(C)(C)C.I. The van der Waals surface area contributed by atoms with Crippen LogP contribution in [0.5, 0.6) is 0 Å². The summed E-state index contributed by atoms with van der Waals surface area (Å²) in [4.78, 5) is 16.4. The molecule has 0 bridgehead atoms. The lowest BCUT2D eigenvalue weighted by Gasteiger charge is -2.29. The van der Waals surface area contributed by atoms with Crippen LogP contribution in [0.1, 0.15) is 40.2 Å². The first-order valence-electron chi connectivity index (χ1n) is 8.96. The van der Waals surface area contributed by atoms with E-state index in [1.807, 2.05) is 34.6 Å². The number of alkyl carbamates (subject to hydrolysis) is 1. The molecule has 1 rings (SSSR count). The monoisotopic (exact) mass is 540 g/mol. The number of nitrogens with zero attached hydrogens (tertiary/aromatic N) is 1. The second-order valence-electron chi connectivity index (χ2n) is 8.21. The summed E-state index contributed by atoms with van der Waals surface area (Å²) in [7, 11) is -1.55. The third-order valence-electron chi connectivity index (χ3n) is 3.57. The van der Waals surface area contributed by atoms with E-state index in [0.717, 1.165) is 5.56 Å². The number of sulfone groups is 1. The molecule has 0 saturated carbocycles. The van der Waals surface area contributed by atoms with E-state index >= 15 is 0 Å². The van der Waals surface area contributed by atoms with Gasteiger partial charge in [0, 0.05) is 26.4 Å². The van der Waals surface area contributed by atoms with Crippen LogP contribution in [0.25, 0.3) is 0 Å². The molecule has 0 fully saturated rings. The Morgan fingerprint density at radius 1 is 1.07 bits per heavy atom. The van der Waals surface area contributed by atoms with Gasteiger partial charge < -0.3 is 20.7 Å². The molecule has 166 valence electrons. The summed E-state index contributed by atoms with van der Waals surface area (Å²) in [6.45, 7) is 10.1. The van der Waals surface area contributed by atoms with Crippen molar-refractivity contribution in [3.05, 3.63) is 29.8 Å². The molecule has 0 aliphatic heterocycles. The van der Waals surface area contributed by atoms with Crippen LogP contribution >= 0.6 is 24.0 Å². The minimum atomic E-state index is -3.20. The molecule has 1 amide bonds. The van der Waals surface area contributed by atoms with E-state index < -0.39 is 27.1 Å². The van der Waals surface area contributed by atoms with Gasteiger partial charge in [0.1, 0.15) is 5.60 Å². The molecular weight excluding hydrogens is 507 g/mol. The molecule has 10 heteroatoms. The quantitative estimate of drug-likeness (QED) is 0.291. The molecule has 1 aromatic carbocycles. The number of amides is 1. The Morgan fingerprint density at radius 3 is 2.07 bits per heavy atom. The van der Waals surface area contributed by atoms with Gasteiger partial charge in [0.2, 0.25) is 0 Å². The molecule has 0 spiro atoms. The number of nitrogens with one attached hydrogen (secondary N) is 3. The van der Waals surface area contributed by atoms with Gasteiger partial charge in [0.25, 0.3) is 0 Å². The summed E-state index contributed by atoms with van der Waals surface area (Å²) < 4.78 is 28.3. The van der Waals surface area contributed by atoms with E-state index in [1.165, 1.54) is 6.26 Å². The van der Waals surface area contributed by atoms with Crippen molar-refractivity contribution < 1.29 is 17.9 Å². The summed E-state index contributed by atoms with van der Waals surface area (Å²) in [5.74, 6) is 0.561. The highest BCUT2D eigenvalue weighted by Gasteiger charge is 2.24. The van der Waals surface area contributed by atoms with Crippen molar-refractivity contribution in [3.8, 4) is 0 Å². The van der Waals surface area contributed by atoms with E-state index in [2.05, 4.69) is 20.9 Å². The summed E-state index contributed by atoms with van der Waals surface area (Å²) in [5.41, 5.74) is -0.198. The largest absolute Gasteiger partial charge is 0.444 e. The van der Waals surface area contributed by atoms with Gasteiger partial charge in [-0.25, -0.2) is 13.2 Å². The van der Waals surface area contributed by atoms with Crippen LogP contribution in [0.3, 0.4) is 0 Å². The third kappa shape index (κ3) is 11.3. The number of rotatable bonds is 6. The van der Waals surface area contributed by atoms with Crippen molar-refractivity contribution in [1.29, 1.82) is 0 Å². The Hall–Kier alpha value is -1.56. The van der Waals surface area contributed by atoms with E-state index in [0.29, 0.717) is 19.0 Å². The van der Waals surface area contributed by atoms with Crippen LogP contribution in [0.4, 0.5) is 4.79 Å². The van der Waals surface area contributed by atoms with Gasteiger partial charge in [-0.15, -0.1) is 24.0 Å². The Bertz CT molecular complexity index is 800. The molecule has 8 nitrogen and oxygen atoms in total. The Morgan fingerprint density at radius 2 is 1.62 bits per heavy atom.